The molecule has 1 aliphatic rings. The fourth-order valence-electron chi connectivity index (χ4n) is 3.27. The number of benzene rings is 2. The maximum Gasteiger partial charge on any atom is 0.247 e. The summed E-state index contributed by atoms with van der Waals surface area (Å²) in [5.41, 5.74) is 2.28. The second kappa shape index (κ2) is 10.4. The summed E-state index contributed by atoms with van der Waals surface area (Å²) in [6, 6.07) is 12.0. The minimum atomic E-state index is -0.650. The molecule has 0 spiro atoms. The predicted octanol–water partition coefficient (Wildman–Crippen LogP) is 4.61. The Bertz CT molecular complexity index is 1230. The number of halogens is 1. The first kappa shape index (κ1) is 24.2. The van der Waals surface area contributed by atoms with Crippen molar-refractivity contribution in [3.05, 3.63) is 67.1 Å². The lowest BCUT2D eigenvalue weighted by molar-refractivity contribution is -0.116. The van der Waals surface area contributed by atoms with Gasteiger partial charge in [0.05, 0.1) is 18.4 Å². The second-order valence-electron chi connectivity index (χ2n) is 7.12. The molecule has 1 aliphatic heterocycles. The summed E-state index contributed by atoms with van der Waals surface area (Å²) in [6.07, 6.45) is 2.20. The first-order valence-electron chi connectivity index (χ1n) is 10.1. The zero-order chi connectivity index (χ0) is 23.4. The number of carbonyl (C=O) groups excluding carboxylic acids is 2. The van der Waals surface area contributed by atoms with E-state index in [1.54, 1.807) is 47.4 Å². The first-order valence-corrected chi connectivity index (χ1v) is 10.1. The third-order valence-corrected chi connectivity index (χ3v) is 4.78. The largest absolute Gasteiger partial charge is 0.490 e. The number of aromatic nitrogens is 2. The van der Waals surface area contributed by atoms with Crippen LogP contribution in [0.2, 0.25) is 0 Å². The van der Waals surface area contributed by atoms with Gasteiger partial charge in [-0.25, -0.2) is 9.37 Å². The van der Waals surface area contributed by atoms with Crippen LogP contribution in [0.15, 0.2) is 61.3 Å². The predicted molar refractivity (Wildman–Crippen MR) is 131 cm³/mol. The van der Waals surface area contributed by atoms with Crippen molar-refractivity contribution in [3.8, 4) is 5.75 Å². The molecule has 0 radical (unpaired) electrons. The Hall–Kier alpha value is -4.47. The van der Waals surface area contributed by atoms with E-state index in [2.05, 4.69) is 32.5 Å². The van der Waals surface area contributed by atoms with Gasteiger partial charge in [0.25, 0.3) is 0 Å². The third-order valence-electron chi connectivity index (χ3n) is 4.78. The minimum absolute atomic E-state index is 0. The average Bonchev–Trinajstić information content (AvgIpc) is 2.81. The van der Waals surface area contributed by atoms with Crippen LogP contribution >= 0.6 is 0 Å². The van der Waals surface area contributed by atoms with Gasteiger partial charge >= 0.3 is 0 Å². The topological polar surface area (TPSA) is 108 Å². The molecule has 0 aliphatic carbocycles. The molecule has 34 heavy (non-hydrogen) atoms. The van der Waals surface area contributed by atoms with E-state index in [0.717, 1.165) is 12.3 Å². The van der Waals surface area contributed by atoms with Gasteiger partial charge in [0, 0.05) is 24.0 Å². The quantitative estimate of drug-likeness (QED) is 0.457. The highest BCUT2D eigenvalue weighted by molar-refractivity contribution is 5.99. The van der Waals surface area contributed by atoms with E-state index in [4.69, 9.17) is 4.74 Å². The van der Waals surface area contributed by atoms with Gasteiger partial charge in [-0.05, 0) is 42.5 Å². The fourth-order valence-corrected chi connectivity index (χ4v) is 3.27. The first-order chi connectivity index (χ1) is 15.9. The summed E-state index contributed by atoms with van der Waals surface area (Å²) in [5, 5.41) is 8.55. The maximum atomic E-state index is 14.4. The van der Waals surface area contributed by atoms with E-state index in [1.165, 1.54) is 6.92 Å². The second-order valence-corrected chi connectivity index (χ2v) is 7.12. The maximum absolute atomic E-state index is 14.4. The van der Waals surface area contributed by atoms with Gasteiger partial charge < -0.3 is 25.6 Å². The molecule has 3 N–H and O–H groups in total. The molecule has 2 heterocycles. The van der Waals surface area contributed by atoms with Crippen LogP contribution in [0.5, 0.6) is 5.75 Å². The number of carbonyl (C=O) groups is 2. The van der Waals surface area contributed by atoms with Crippen LogP contribution < -0.4 is 25.6 Å². The molecule has 0 saturated heterocycles. The summed E-state index contributed by atoms with van der Waals surface area (Å²) in [5.74, 6) is -0.388. The van der Waals surface area contributed by atoms with E-state index in [9.17, 15) is 14.0 Å². The molecule has 3 aromatic rings. The SMILES string of the molecule is C.C=CC(=O)Nc1cccc(Nc2nc(Nc3ccc4c(c3)N(C(C)=O)CCO4)ncc2F)c1. The Labute approximate surface area is 196 Å². The van der Waals surface area contributed by atoms with Gasteiger partial charge in [0.15, 0.2) is 11.6 Å². The third kappa shape index (κ3) is 5.47. The van der Waals surface area contributed by atoms with Crippen LogP contribution in [0, 0.1) is 5.82 Å². The fraction of sp³-hybridized carbons (Fsp3) is 0.167. The molecule has 1 aromatic heterocycles. The minimum Gasteiger partial charge on any atom is -0.490 e. The van der Waals surface area contributed by atoms with Crippen molar-refractivity contribution in [3.63, 3.8) is 0 Å². The standard InChI is InChI=1S/C23H21FN6O3.CH4/c1-3-21(32)26-15-5-4-6-16(11-15)27-22-18(24)13-25-23(29-22)28-17-7-8-20-19(12-17)30(14(2)31)9-10-33-20;/h3-8,11-13H,1,9-10H2,2H3,(H,26,32)(H2,25,27,28,29);1H4. The monoisotopic (exact) mass is 464 g/mol. The van der Waals surface area contributed by atoms with Gasteiger partial charge in [0.1, 0.15) is 12.4 Å². The van der Waals surface area contributed by atoms with Crippen LogP contribution in [-0.4, -0.2) is 34.9 Å². The van der Waals surface area contributed by atoms with E-state index >= 15 is 0 Å². The highest BCUT2D eigenvalue weighted by Crippen LogP contribution is 2.35. The number of hydrogen-bond acceptors (Lipinski definition) is 7. The number of anilines is 6. The van der Waals surface area contributed by atoms with Crippen LogP contribution in [0.1, 0.15) is 14.4 Å². The summed E-state index contributed by atoms with van der Waals surface area (Å²) < 4.78 is 20.0. The molecule has 0 bridgehead atoms. The van der Waals surface area contributed by atoms with Crippen LogP contribution in [0.3, 0.4) is 0 Å². The molecule has 4 rings (SSSR count). The number of nitrogens with one attached hydrogen (secondary N) is 3. The Morgan fingerprint density at radius 3 is 2.68 bits per heavy atom. The van der Waals surface area contributed by atoms with Crippen molar-refractivity contribution in [1.82, 2.24) is 9.97 Å². The smallest absolute Gasteiger partial charge is 0.247 e. The van der Waals surface area contributed by atoms with Crippen molar-refractivity contribution in [2.45, 2.75) is 14.4 Å². The molecule has 2 aromatic carbocycles. The molecule has 9 nitrogen and oxygen atoms in total. The Kier molecular flexibility index (Phi) is 7.42. The molecule has 10 heteroatoms. The van der Waals surface area contributed by atoms with Crippen LogP contribution in [0.4, 0.5) is 38.9 Å². The average molecular weight is 465 g/mol. The number of ether oxygens (including phenoxy) is 1. The van der Waals surface area contributed by atoms with Gasteiger partial charge in [-0.1, -0.05) is 20.1 Å². The number of amides is 2. The number of rotatable bonds is 6. The lowest BCUT2D eigenvalue weighted by Crippen LogP contribution is -2.36. The van der Waals surface area contributed by atoms with Crippen molar-refractivity contribution in [2.75, 3.05) is 34.0 Å². The normalized spacial score (nSPS) is 11.9. The van der Waals surface area contributed by atoms with E-state index in [-0.39, 0.29) is 31.0 Å². The Morgan fingerprint density at radius 2 is 1.91 bits per heavy atom. The molecule has 0 fully saturated rings. The van der Waals surface area contributed by atoms with Crippen LogP contribution in [0.25, 0.3) is 0 Å². The number of hydrogen-bond donors (Lipinski definition) is 3. The summed E-state index contributed by atoms with van der Waals surface area (Å²) in [4.78, 5) is 33.3. The van der Waals surface area contributed by atoms with Gasteiger partial charge in [-0.3, -0.25) is 9.59 Å². The van der Waals surface area contributed by atoms with Crippen molar-refractivity contribution < 1.29 is 18.7 Å². The highest BCUT2D eigenvalue weighted by Gasteiger charge is 2.21. The highest BCUT2D eigenvalue weighted by atomic mass is 19.1. The Morgan fingerprint density at radius 1 is 1.15 bits per heavy atom. The summed E-state index contributed by atoms with van der Waals surface area (Å²) in [7, 11) is 0. The zero-order valence-corrected chi connectivity index (χ0v) is 17.8. The Balaban J connectivity index is 0.00000324. The number of nitrogens with zero attached hydrogens (tertiary/aromatic N) is 3. The molecular formula is C24H25FN6O3. The molecule has 2 amide bonds. The number of fused-ring (bicyclic) bond motifs is 1. The van der Waals surface area contributed by atoms with Gasteiger partial charge in [0.2, 0.25) is 17.8 Å². The molecule has 0 atom stereocenters. The van der Waals surface area contributed by atoms with Crippen LogP contribution in [-0.2, 0) is 9.59 Å². The van der Waals surface area contributed by atoms with Gasteiger partial charge in [-0.2, -0.15) is 4.98 Å². The molecular weight excluding hydrogens is 439 g/mol. The van der Waals surface area contributed by atoms with E-state index in [1.807, 2.05) is 0 Å². The van der Waals surface area contributed by atoms with Crippen molar-refractivity contribution in [2.24, 2.45) is 0 Å². The van der Waals surface area contributed by atoms with Crippen molar-refractivity contribution in [1.29, 1.82) is 0 Å². The molecule has 176 valence electrons. The lowest BCUT2D eigenvalue weighted by Gasteiger charge is -2.29. The summed E-state index contributed by atoms with van der Waals surface area (Å²) in [6.45, 7) is 5.79. The molecule has 0 saturated carbocycles. The van der Waals surface area contributed by atoms with E-state index in [0.29, 0.717) is 41.7 Å². The lowest BCUT2D eigenvalue weighted by atomic mass is 10.2. The van der Waals surface area contributed by atoms with E-state index < -0.39 is 5.82 Å². The summed E-state index contributed by atoms with van der Waals surface area (Å²) >= 11 is 0. The van der Waals surface area contributed by atoms with Crippen molar-refractivity contribution >= 4 is 46.3 Å². The zero-order valence-electron chi connectivity index (χ0n) is 17.8. The van der Waals surface area contributed by atoms with Gasteiger partial charge in [-0.15, -0.1) is 0 Å². The molecule has 0 unspecified atom stereocenters.